The third-order valence-corrected chi connectivity index (χ3v) is 4.08. The average molecular weight is 231 g/mol. The highest BCUT2D eigenvalue weighted by Gasteiger charge is 2.34. The molecule has 1 N–H and O–H groups in total. The van der Waals surface area contributed by atoms with Crippen molar-refractivity contribution in [2.75, 3.05) is 31.3 Å². The topological polar surface area (TPSA) is 49.8 Å². The largest absolute Gasteiger partial charge is 0.480 e. The smallest absolute Gasteiger partial charge is 0.321 e. The number of aliphatic carboxylic acids is 1. The van der Waals surface area contributed by atoms with Crippen LogP contribution in [-0.2, 0) is 9.53 Å². The van der Waals surface area contributed by atoms with Gasteiger partial charge in [-0.15, -0.1) is 0 Å². The van der Waals surface area contributed by atoms with Crippen molar-refractivity contribution in [1.29, 1.82) is 0 Å². The molecule has 2 aliphatic heterocycles. The minimum Gasteiger partial charge on any atom is -0.480 e. The van der Waals surface area contributed by atoms with Crippen molar-refractivity contribution in [1.82, 2.24) is 4.90 Å². The van der Waals surface area contributed by atoms with Crippen molar-refractivity contribution in [3.63, 3.8) is 0 Å². The Kier molecular flexibility index (Phi) is 3.88. The fraction of sp³-hybridized carbons (Fsp3) is 0.900. The first-order chi connectivity index (χ1) is 7.29. The lowest BCUT2D eigenvalue weighted by Crippen LogP contribution is -2.54. The third kappa shape index (κ3) is 2.65. The maximum atomic E-state index is 11.1. The summed E-state index contributed by atoms with van der Waals surface area (Å²) in [5.74, 6) is 1.07. The van der Waals surface area contributed by atoms with Gasteiger partial charge < -0.3 is 9.84 Å². The van der Waals surface area contributed by atoms with Crippen molar-refractivity contribution in [2.24, 2.45) is 0 Å². The monoisotopic (exact) mass is 231 g/mol. The van der Waals surface area contributed by atoms with E-state index in [1.807, 2.05) is 0 Å². The Morgan fingerprint density at radius 3 is 3.07 bits per heavy atom. The second kappa shape index (κ2) is 5.18. The first kappa shape index (κ1) is 11.2. The van der Waals surface area contributed by atoms with E-state index in [1.165, 1.54) is 0 Å². The second-order valence-corrected chi connectivity index (χ2v) is 5.19. The summed E-state index contributed by atoms with van der Waals surface area (Å²) in [6.07, 6.45) is 2.13. The molecule has 2 aliphatic rings. The Labute approximate surface area is 94.0 Å². The summed E-state index contributed by atoms with van der Waals surface area (Å²) in [7, 11) is 0. The van der Waals surface area contributed by atoms with Crippen molar-refractivity contribution in [2.45, 2.75) is 24.9 Å². The van der Waals surface area contributed by atoms with E-state index in [-0.39, 0.29) is 6.04 Å². The van der Waals surface area contributed by atoms with Gasteiger partial charge in [0.25, 0.3) is 0 Å². The van der Waals surface area contributed by atoms with Crippen LogP contribution in [0.3, 0.4) is 0 Å². The minimum atomic E-state index is -0.687. The first-order valence-corrected chi connectivity index (χ1v) is 6.58. The number of ether oxygens (including phenoxy) is 1. The standard InChI is InChI=1S/C10H17NO3S/c12-10(13)9-7-15-5-3-11(9)8-2-1-4-14-6-8/h8-9H,1-7H2,(H,12,13). The van der Waals surface area contributed by atoms with Crippen LogP contribution < -0.4 is 0 Å². The van der Waals surface area contributed by atoms with Gasteiger partial charge in [0.1, 0.15) is 6.04 Å². The highest BCUT2D eigenvalue weighted by molar-refractivity contribution is 7.99. The van der Waals surface area contributed by atoms with Crippen molar-refractivity contribution in [3.05, 3.63) is 0 Å². The average Bonchev–Trinajstić information content (AvgIpc) is 2.30. The molecule has 2 fully saturated rings. The van der Waals surface area contributed by atoms with Gasteiger partial charge in [-0.05, 0) is 12.8 Å². The van der Waals surface area contributed by atoms with Crippen LogP contribution in [0.1, 0.15) is 12.8 Å². The normalized spacial score (nSPS) is 33.9. The number of thioether (sulfide) groups is 1. The molecule has 0 aromatic rings. The van der Waals surface area contributed by atoms with E-state index in [1.54, 1.807) is 11.8 Å². The maximum absolute atomic E-state index is 11.1. The van der Waals surface area contributed by atoms with Gasteiger partial charge in [-0.3, -0.25) is 9.69 Å². The fourth-order valence-electron chi connectivity index (χ4n) is 2.25. The summed E-state index contributed by atoms with van der Waals surface area (Å²) in [5.41, 5.74) is 0. The Balaban J connectivity index is 1.99. The molecular weight excluding hydrogens is 214 g/mol. The molecule has 2 rings (SSSR count). The molecule has 0 spiro atoms. The SMILES string of the molecule is O=C(O)C1CSCCN1C1CCCOC1. The molecular formula is C10H17NO3S. The first-order valence-electron chi connectivity index (χ1n) is 5.43. The second-order valence-electron chi connectivity index (χ2n) is 4.04. The number of nitrogens with zero attached hydrogens (tertiary/aromatic N) is 1. The van der Waals surface area contributed by atoms with Crippen LogP contribution in [-0.4, -0.2) is 59.3 Å². The van der Waals surface area contributed by atoms with E-state index in [2.05, 4.69) is 4.90 Å². The quantitative estimate of drug-likeness (QED) is 0.757. The zero-order valence-corrected chi connectivity index (χ0v) is 9.54. The number of carboxylic acid groups (broad SMARTS) is 1. The van der Waals surface area contributed by atoms with E-state index in [9.17, 15) is 4.79 Å². The van der Waals surface area contributed by atoms with Gasteiger partial charge >= 0.3 is 5.97 Å². The fourth-order valence-corrected chi connectivity index (χ4v) is 3.32. The summed E-state index contributed by atoms with van der Waals surface area (Å²) < 4.78 is 5.42. The number of carboxylic acids is 1. The van der Waals surface area contributed by atoms with E-state index in [0.29, 0.717) is 18.4 Å². The number of carbonyl (C=O) groups is 1. The molecule has 86 valence electrons. The predicted octanol–water partition coefficient (Wildman–Crippen LogP) is 0.667. The molecule has 2 unspecified atom stereocenters. The lowest BCUT2D eigenvalue weighted by molar-refractivity contribution is -0.144. The van der Waals surface area contributed by atoms with Gasteiger partial charge in [-0.2, -0.15) is 11.8 Å². The maximum Gasteiger partial charge on any atom is 0.321 e. The summed E-state index contributed by atoms with van der Waals surface area (Å²) >= 11 is 1.74. The van der Waals surface area contributed by atoms with Crippen molar-refractivity contribution < 1.29 is 14.6 Å². The summed E-state index contributed by atoms with van der Waals surface area (Å²) in [6, 6.07) is 0.0104. The molecule has 0 amide bonds. The van der Waals surface area contributed by atoms with Crippen LogP contribution in [0.15, 0.2) is 0 Å². The van der Waals surface area contributed by atoms with Crippen LogP contribution in [0.2, 0.25) is 0 Å². The van der Waals surface area contributed by atoms with Gasteiger partial charge in [0.15, 0.2) is 0 Å². The summed E-state index contributed by atoms with van der Waals surface area (Å²) in [5, 5.41) is 9.14. The molecule has 2 atom stereocenters. The Hall–Kier alpha value is -0.260. The minimum absolute atomic E-state index is 0.310. The number of hydrogen-bond acceptors (Lipinski definition) is 4. The Morgan fingerprint density at radius 1 is 1.53 bits per heavy atom. The molecule has 2 saturated heterocycles. The lowest BCUT2D eigenvalue weighted by Gasteiger charge is -2.40. The summed E-state index contributed by atoms with van der Waals surface area (Å²) in [6.45, 7) is 2.42. The molecule has 4 nitrogen and oxygen atoms in total. The van der Waals surface area contributed by atoms with Gasteiger partial charge in [-0.1, -0.05) is 0 Å². The third-order valence-electron chi connectivity index (χ3n) is 3.06. The van der Waals surface area contributed by atoms with Crippen LogP contribution >= 0.6 is 11.8 Å². The van der Waals surface area contributed by atoms with Gasteiger partial charge in [0.2, 0.25) is 0 Å². The van der Waals surface area contributed by atoms with Gasteiger partial charge in [-0.25, -0.2) is 0 Å². The molecule has 0 radical (unpaired) electrons. The molecule has 0 bridgehead atoms. The van der Waals surface area contributed by atoms with E-state index in [4.69, 9.17) is 9.84 Å². The van der Waals surface area contributed by atoms with Gasteiger partial charge in [0, 0.05) is 30.7 Å². The predicted molar refractivity (Wildman–Crippen MR) is 59.3 cm³/mol. The molecule has 5 heteroatoms. The molecule has 0 aliphatic carbocycles. The molecule has 2 heterocycles. The Morgan fingerprint density at radius 2 is 2.40 bits per heavy atom. The lowest BCUT2D eigenvalue weighted by atomic mass is 10.1. The molecule has 0 aromatic carbocycles. The Bertz CT molecular complexity index is 231. The van der Waals surface area contributed by atoms with E-state index in [0.717, 1.165) is 31.7 Å². The van der Waals surface area contributed by atoms with Crippen LogP contribution in [0.4, 0.5) is 0 Å². The van der Waals surface area contributed by atoms with E-state index >= 15 is 0 Å². The van der Waals surface area contributed by atoms with Crippen molar-refractivity contribution in [3.8, 4) is 0 Å². The zero-order chi connectivity index (χ0) is 10.7. The molecule has 0 aromatic heterocycles. The number of hydrogen-bond donors (Lipinski definition) is 1. The molecule has 15 heavy (non-hydrogen) atoms. The van der Waals surface area contributed by atoms with Crippen LogP contribution in [0.5, 0.6) is 0 Å². The summed E-state index contributed by atoms with van der Waals surface area (Å²) in [4.78, 5) is 13.2. The highest BCUT2D eigenvalue weighted by atomic mass is 32.2. The van der Waals surface area contributed by atoms with Crippen LogP contribution in [0.25, 0.3) is 0 Å². The van der Waals surface area contributed by atoms with E-state index < -0.39 is 5.97 Å². The van der Waals surface area contributed by atoms with Gasteiger partial charge in [0.05, 0.1) is 6.61 Å². The van der Waals surface area contributed by atoms with Crippen molar-refractivity contribution >= 4 is 17.7 Å². The number of rotatable bonds is 2. The van der Waals surface area contributed by atoms with Crippen LogP contribution in [0, 0.1) is 0 Å². The highest BCUT2D eigenvalue weighted by Crippen LogP contribution is 2.23. The zero-order valence-electron chi connectivity index (χ0n) is 8.72. The molecule has 0 saturated carbocycles.